The highest BCUT2D eigenvalue weighted by molar-refractivity contribution is 8.03. The van der Waals surface area contributed by atoms with Gasteiger partial charge in [0.25, 0.3) is 5.56 Å². The van der Waals surface area contributed by atoms with E-state index in [2.05, 4.69) is 32.5 Å². The molecule has 8 nitrogen and oxygen atoms in total. The van der Waals surface area contributed by atoms with Crippen LogP contribution in [-0.4, -0.2) is 67.5 Å². The number of nitrogens with zero attached hydrogens (tertiary/aromatic N) is 4. The normalized spacial score (nSPS) is 17.0. The number of rotatable bonds is 8. The highest BCUT2D eigenvalue weighted by Gasteiger charge is 2.35. The monoisotopic (exact) mass is 680 g/mol. The third-order valence-corrected chi connectivity index (χ3v) is 12.2. The third kappa shape index (κ3) is 6.98. The van der Waals surface area contributed by atoms with E-state index >= 15 is 0 Å². The Morgan fingerprint density at radius 2 is 1.62 bits per heavy atom. The number of aromatic nitrogens is 3. The lowest BCUT2D eigenvalue weighted by Gasteiger charge is -2.30. The van der Waals surface area contributed by atoms with Crippen LogP contribution in [0.4, 0.5) is 30.5 Å². The van der Waals surface area contributed by atoms with E-state index in [-0.39, 0.29) is 43.4 Å². The van der Waals surface area contributed by atoms with Crippen LogP contribution in [0.15, 0.2) is 58.4 Å². The second-order valence-corrected chi connectivity index (χ2v) is 16.0. The van der Waals surface area contributed by atoms with E-state index in [1.165, 1.54) is 24.4 Å². The van der Waals surface area contributed by atoms with Crippen LogP contribution in [0.5, 0.6) is 0 Å². The summed E-state index contributed by atoms with van der Waals surface area (Å²) in [7, 11) is -0.631. The van der Waals surface area contributed by atoms with Gasteiger partial charge in [0.1, 0.15) is 12.2 Å². The molecule has 0 unspecified atom stereocenters. The lowest BCUT2D eigenvalue weighted by molar-refractivity contribution is -0.140. The molecule has 14 heteroatoms. The second kappa shape index (κ2) is 12.2. The number of benzene rings is 2. The molecule has 1 aliphatic carbocycles. The maximum Gasteiger partial charge on any atom is 0.406 e. The van der Waals surface area contributed by atoms with Gasteiger partial charge in [-0.3, -0.25) is 13.6 Å². The summed E-state index contributed by atoms with van der Waals surface area (Å²) in [4.78, 5) is 25.0. The van der Waals surface area contributed by atoms with Crippen molar-refractivity contribution < 1.29 is 17.4 Å². The summed E-state index contributed by atoms with van der Waals surface area (Å²) in [5.74, 6) is 0.0285. The van der Waals surface area contributed by atoms with Gasteiger partial charge in [-0.1, -0.05) is 33.1 Å². The molecular weight excluding hydrogens is 648 g/mol. The van der Waals surface area contributed by atoms with Gasteiger partial charge in [0.15, 0.2) is 0 Å². The summed E-state index contributed by atoms with van der Waals surface area (Å²) < 4.78 is 55.2. The Bertz CT molecular complexity index is 1830. The average molecular weight is 682 g/mol. The highest BCUT2D eigenvalue weighted by atomic mass is 35.5. The van der Waals surface area contributed by atoms with Gasteiger partial charge in [0.2, 0.25) is 5.95 Å². The van der Waals surface area contributed by atoms with E-state index in [0.717, 1.165) is 44.5 Å². The molecule has 6 rings (SSSR count). The van der Waals surface area contributed by atoms with Crippen LogP contribution in [0.2, 0.25) is 10.0 Å². The standard InChI is InChI=1S/C31H33Cl2F3N6O2S/c1-41-11-9-21(10-12-41)38-19-3-5-20(6-4-19)39-30-37-16-18-13-24(29(43)42(28(18)40-30)17-31(34,35)36)27-25(32)14-23(15-26(27)33)45(2,44)22-7-8-22/h3-6,13-16,21-22,38,45H,7-12,17H2,1-2H3,(H,37,39,40). The molecule has 2 aromatic carbocycles. The number of piperidine rings is 1. The van der Waals surface area contributed by atoms with E-state index in [1.54, 1.807) is 6.26 Å². The largest absolute Gasteiger partial charge is 0.406 e. The number of anilines is 3. The molecule has 1 aliphatic heterocycles. The quantitative estimate of drug-likeness (QED) is 0.178. The fourth-order valence-electron chi connectivity index (χ4n) is 5.74. The second-order valence-electron chi connectivity index (χ2n) is 12.0. The van der Waals surface area contributed by atoms with E-state index < -0.39 is 28.2 Å². The number of fused-ring (bicyclic) bond motifs is 1. The topological polar surface area (TPSA) is 92.1 Å². The number of likely N-dealkylation sites (tertiary alicyclic amines) is 1. The van der Waals surface area contributed by atoms with Gasteiger partial charge in [0.05, 0.1) is 15.6 Å². The van der Waals surface area contributed by atoms with Gasteiger partial charge >= 0.3 is 6.18 Å². The Balaban J connectivity index is 1.32. The van der Waals surface area contributed by atoms with Crippen LogP contribution >= 0.6 is 23.2 Å². The molecule has 2 aromatic heterocycles. The van der Waals surface area contributed by atoms with Crippen molar-refractivity contribution in [3.63, 3.8) is 0 Å². The van der Waals surface area contributed by atoms with E-state index in [9.17, 15) is 22.2 Å². The van der Waals surface area contributed by atoms with Crippen molar-refractivity contribution in [2.75, 3.05) is 37.0 Å². The summed E-state index contributed by atoms with van der Waals surface area (Å²) in [6.45, 7) is 0.488. The first-order valence-electron chi connectivity index (χ1n) is 14.7. The van der Waals surface area contributed by atoms with E-state index in [4.69, 9.17) is 23.2 Å². The number of hydrogen-bond acceptors (Lipinski definition) is 7. The maximum atomic E-state index is 13.8. The van der Waals surface area contributed by atoms with Gasteiger partial charge < -0.3 is 15.5 Å². The predicted molar refractivity (Wildman–Crippen MR) is 176 cm³/mol. The molecule has 0 spiro atoms. The van der Waals surface area contributed by atoms with Crippen molar-refractivity contribution in [1.82, 2.24) is 19.4 Å². The number of hydrogen-bond donors (Lipinski definition) is 3. The summed E-state index contributed by atoms with van der Waals surface area (Å²) in [5, 5.41) is 6.86. The van der Waals surface area contributed by atoms with Gasteiger partial charge in [-0.05, 0) is 94.5 Å². The van der Waals surface area contributed by atoms with Crippen LogP contribution in [0.25, 0.3) is 22.2 Å². The molecule has 2 N–H and O–H groups in total. The number of nitrogens with one attached hydrogen (secondary N) is 2. The average Bonchev–Trinajstić information content (AvgIpc) is 3.83. The van der Waals surface area contributed by atoms with Gasteiger partial charge in [0, 0.05) is 44.7 Å². The Hall–Kier alpha value is -3.19. The molecule has 0 atom stereocenters. The first kappa shape index (κ1) is 31.8. The van der Waals surface area contributed by atoms with Crippen LogP contribution in [0.3, 0.4) is 0 Å². The molecule has 45 heavy (non-hydrogen) atoms. The van der Waals surface area contributed by atoms with Crippen molar-refractivity contribution in [2.45, 2.75) is 54.6 Å². The van der Waals surface area contributed by atoms with E-state index in [1.807, 2.05) is 24.3 Å². The van der Waals surface area contributed by atoms with Gasteiger partial charge in [-0.2, -0.15) is 18.2 Å². The van der Waals surface area contributed by atoms with Crippen molar-refractivity contribution in [2.24, 2.45) is 0 Å². The molecule has 0 bridgehead atoms. The van der Waals surface area contributed by atoms with Gasteiger partial charge in [-0.15, -0.1) is 0 Å². The zero-order valence-corrected chi connectivity index (χ0v) is 27.1. The molecule has 0 radical (unpaired) electrons. The maximum absolute atomic E-state index is 13.8. The molecule has 1 saturated heterocycles. The number of alkyl halides is 3. The van der Waals surface area contributed by atoms with Crippen LogP contribution in [0.1, 0.15) is 25.7 Å². The third-order valence-electron chi connectivity index (χ3n) is 8.45. The molecule has 2 aliphatic rings. The summed E-state index contributed by atoms with van der Waals surface area (Å²) in [6, 6.07) is 12.2. The number of pyridine rings is 1. The molecule has 2 fully saturated rings. The fourth-order valence-corrected chi connectivity index (χ4v) is 8.91. The Kier molecular flexibility index (Phi) is 8.62. The Morgan fingerprint density at radius 3 is 2.22 bits per heavy atom. The summed E-state index contributed by atoms with van der Waals surface area (Å²) >= 11 is 13.1. The van der Waals surface area contributed by atoms with Crippen molar-refractivity contribution in [3.05, 3.63) is 69.1 Å². The lowest BCUT2D eigenvalue weighted by Crippen LogP contribution is -2.36. The van der Waals surface area contributed by atoms with Crippen LogP contribution in [-0.2, 0) is 16.5 Å². The SMILES string of the molecule is CN1CCC(Nc2ccc(Nc3ncc4cc(-c5c(Cl)cc([SH](C)(=O)C6CC6)cc5Cl)c(=O)n(CC(F)(F)F)c4n3)cc2)CC1. The molecule has 240 valence electrons. The molecule has 0 amide bonds. The number of thiol groups is 1. The zero-order valence-electron chi connectivity index (χ0n) is 24.7. The molecular formula is C31H33Cl2F3N6O2S. The number of halogens is 5. The minimum atomic E-state index is -4.72. The van der Waals surface area contributed by atoms with Crippen LogP contribution < -0.4 is 16.2 Å². The first-order chi connectivity index (χ1) is 21.3. The lowest BCUT2D eigenvalue weighted by atomic mass is 10.1. The van der Waals surface area contributed by atoms with E-state index in [0.29, 0.717) is 21.2 Å². The van der Waals surface area contributed by atoms with Crippen LogP contribution in [0, 0.1) is 0 Å². The first-order valence-corrected chi connectivity index (χ1v) is 17.6. The summed E-state index contributed by atoms with van der Waals surface area (Å²) in [6.07, 6.45) is 2.08. The molecule has 4 aromatic rings. The van der Waals surface area contributed by atoms with Gasteiger partial charge in [-0.25, -0.2) is 4.98 Å². The minimum Gasteiger partial charge on any atom is -0.382 e. The predicted octanol–water partition coefficient (Wildman–Crippen LogP) is 6.75. The minimum absolute atomic E-state index is 0.0285. The fraction of sp³-hybridized carbons (Fsp3) is 0.387. The van der Waals surface area contributed by atoms with Crippen molar-refractivity contribution >= 4 is 61.5 Å². The Morgan fingerprint density at radius 1 is 1.00 bits per heavy atom. The smallest absolute Gasteiger partial charge is 0.382 e. The van der Waals surface area contributed by atoms with Crippen molar-refractivity contribution in [1.29, 1.82) is 0 Å². The Labute approximate surface area is 269 Å². The summed E-state index contributed by atoms with van der Waals surface area (Å²) in [5.41, 5.74) is 0.352. The molecule has 1 saturated carbocycles. The van der Waals surface area contributed by atoms with Crippen molar-refractivity contribution in [3.8, 4) is 11.1 Å². The zero-order chi connectivity index (χ0) is 32.1. The molecule has 3 heterocycles. The highest BCUT2D eigenvalue weighted by Crippen LogP contribution is 2.42.